The highest BCUT2D eigenvalue weighted by atomic mass is 35.5. The molecule has 0 spiro atoms. The van der Waals surface area contributed by atoms with Gasteiger partial charge in [0.05, 0.1) is 10.6 Å². The van der Waals surface area contributed by atoms with Gasteiger partial charge in [0, 0.05) is 0 Å². The van der Waals surface area contributed by atoms with Gasteiger partial charge in [-0.05, 0) is 47.9 Å². The lowest BCUT2D eigenvalue weighted by Crippen LogP contribution is -2.04. The summed E-state index contributed by atoms with van der Waals surface area (Å²) in [5, 5.41) is -0.0663. The molecule has 2 aromatic rings. The Morgan fingerprint density at radius 1 is 1.05 bits per heavy atom. The second-order valence-electron chi connectivity index (χ2n) is 4.71. The fourth-order valence-corrected chi connectivity index (χ4v) is 2.40. The van der Waals surface area contributed by atoms with Gasteiger partial charge >= 0.3 is 6.18 Å². The van der Waals surface area contributed by atoms with E-state index in [1.807, 2.05) is 24.3 Å². The van der Waals surface area contributed by atoms with Gasteiger partial charge in [0.2, 0.25) is 0 Å². The van der Waals surface area contributed by atoms with E-state index in [4.69, 9.17) is 16.3 Å². The van der Waals surface area contributed by atoms with Crippen molar-refractivity contribution in [3.63, 3.8) is 0 Å². The first-order valence-electron chi connectivity index (χ1n) is 6.27. The number of allylic oxidation sites excluding steroid dienone is 1. The van der Waals surface area contributed by atoms with Crippen LogP contribution in [0.3, 0.4) is 0 Å². The molecule has 1 aliphatic rings. The van der Waals surface area contributed by atoms with Gasteiger partial charge in [0.25, 0.3) is 0 Å². The van der Waals surface area contributed by atoms with Crippen LogP contribution in [0.15, 0.2) is 42.5 Å². The Labute approximate surface area is 124 Å². The zero-order chi connectivity index (χ0) is 15.0. The zero-order valence-electron chi connectivity index (χ0n) is 10.7. The summed E-state index contributed by atoms with van der Waals surface area (Å²) in [6.07, 6.45) is 0.471. The third-order valence-electron chi connectivity index (χ3n) is 3.24. The Bertz CT molecular complexity index is 720. The van der Waals surface area contributed by atoms with E-state index in [1.165, 1.54) is 6.07 Å². The fraction of sp³-hybridized carbons (Fsp3) is 0.125. The predicted octanol–water partition coefficient (Wildman–Crippen LogP) is 5.72. The van der Waals surface area contributed by atoms with E-state index in [2.05, 4.69) is 0 Å². The molecule has 21 heavy (non-hydrogen) atoms. The molecular weight excluding hydrogens is 301 g/mol. The Kier molecular flexibility index (Phi) is 3.41. The molecule has 0 atom stereocenters. The minimum atomic E-state index is -4.42. The van der Waals surface area contributed by atoms with Gasteiger partial charge in [-0.1, -0.05) is 29.8 Å². The largest absolute Gasteiger partial charge is 0.456 e. The molecule has 5 heteroatoms. The Morgan fingerprint density at radius 2 is 1.86 bits per heavy atom. The molecule has 3 rings (SSSR count). The van der Waals surface area contributed by atoms with Crippen LogP contribution in [0.5, 0.6) is 11.5 Å². The molecule has 0 saturated heterocycles. The molecular formula is C16H10ClF3O. The van der Waals surface area contributed by atoms with Crippen molar-refractivity contribution < 1.29 is 17.9 Å². The van der Waals surface area contributed by atoms with Gasteiger partial charge in [-0.3, -0.25) is 0 Å². The van der Waals surface area contributed by atoms with Crippen molar-refractivity contribution in [2.45, 2.75) is 12.6 Å². The third kappa shape index (κ3) is 2.90. The average Bonchev–Trinajstić information content (AvgIpc) is 2.87. The number of hydrogen-bond donors (Lipinski definition) is 0. The molecule has 0 N–H and O–H groups in total. The summed E-state index contributed by atoms with van der Waals surface area (Å²) < 4.78 is 43.3. The van der Waals surface area contributed by atoms with E-state index in [1.54, 1.807) is 6.07 Å². The first-order chi connectivity index (χ1) is 9.93. The Morgan fingerprint density at radius 3 is 2.57 bits per heavy atom. The molecule has 0 heterocycles. The van der Waals surface area contributed by atoms with Crippen molar-refractivity contribution in [2.24, 2.45) is 0 Å². The molecule has 0 radical (unpaired) electrons. The van der Waals surface area contributed by atoms with Crippen molar-refractivity contribution >= 4 is 17.7 Å². The number of hydrogen-bond acceptors (Lipinski definition) is 1. The normalized spacial score (nSPS) is 13.3. The number of benzene rings is 2. The van der Waals surface area contributed by atoms with E-state index in [0.29, 0.717) is 5.75 Å². The Hall–Kier alpha value is -1.94. The molecule has 0 bridgehead atoms. The van der Waals surface area contributed by atoms with Crippen molar-refractivity contribution in [1.29, 1.82) is 0 Å². The standard InChI is InChI=1S/C16H10ClF3O/c17-14-9-12(16(18,19)20)5-7-15(14)21-13-6-4-10-2-1-3-11(10)8-13/h1-2,4-9H,3H2. The molecule has 0 unspecified atom stereocenters. The van der Waals surface area contributed by atoms with Gasteiger partial charge < -0.3 is 4.74 Å². The van der Waals surface area contributed by atoms with Crippen LogP contribution in [-0.4, -0.2) is 0 Å². The summed E-state index contributed by atoms with van der Waals surface area (Å²) in [7, 11) is 0. The SMILES string of the molecule is FC(F)(F)c1ccc(Oc2ccc3c(c2)CC=C3)c(Cl)c1. The molecule has 1 nitrogen and oxygen atoms in total. The Balaban J connectivity index is 1.85. The van der Waals surface area contributed by atoms with Crippen LogP contribution in [-0.2, 0) is 12.6 Å². The first-order valence-corrected chi connectivity index (χ1v) is 6.65. The summed E-state index contributed by atoms with van der Waals surface area (Å²) in [5.41, 5.74) is 1.45. The zero-order valence-corrected chi connectivity index (χ0v) is 11.5. The van der Waals surface area contributed by atoms with Crippen LogP contribution in [0.4, 0.5) is 13.2 Å². The minimum Gasteiger partial charge on any atom is -0.456 e. The number of alkyl halides is 3. The number of rotatable bonds is 2. The van der Waals surface area contributed by atoms with Crippen molar-refractivity contribution in [3.05, 3.63) is 64.2 Å². The maximum Gasteiger partial charge on any atom is 0.416 e. The number of ether oxygens (including phenoxy) is 1. The lowest BCUT2D eigenvalue weighted by molar-refractivity contribution is -0.137. The second-order valence-corrected chi connectivity index (χ2v) is 5.12. The minimum absolute atomic E-state index is 0.0663. The quantitative estimate of drug-likeness (QED) is 0.689. The molecule has 2 aromatic carbocycles. The summed E-state index contributed by atoms with van der Waals surface area (Å²) in [5.74, 6) is 0.759. The average molecular weight is 311 g/mol. The summed E-state index contributed by atoms with van der Waals surface area (Å²) in [6, 6.07) is 8.59. The highest BCUT2D eigenvalue weighted by Crippen LogP contribution is 2.37. The topological polar surface area (TPSA) is 9.23 Å². The van der Waals surface area contributed by atoms with E-state index in [0.717, 1.165) is 29.7 Å². The van der Waals surface area contributed by atoms with Crippen LogP contribution in [0, 0.1) is 0 Å². The summed E-state index contributed by atoms with van der Waals surface area (Å²) >= 11 is 5.87. The fourth-order valence-electron chi connectivity index (χ4n) is 2.18. The van der Waals surface area contributed by atoms with Gasteiger partial charge in [0.15, 0.2) is 0 Å². The number of halogens is 4. The van der Waals surface area contributed by atoms with Crippen LogP contribution < -0.4 is 4.74 Å². The third-order valence-corrected chi connectivity index (χ3v) is 3.53. The smallest absolute Gasteiger partial charge is 0.416 e. The van der Waals surface area contributed by atoms with E-state index < -0.39 is 11.7 Å². The summed E-state index contributed by atoms with van der Waals surface area (Å²) in [4.78, 5) is 0. The molecule has 0 fully saturated rings. The lowest BCUT2D eigenvalue weighted by atomic mass is 10.1. The van der Waals surface area contributed by atoms with E-state index in [9.17, 15) is 13.2 Å². The van der Waals surface area contributed by atoms with E-state index >= 15 is 0 Å². The first kappa shape index (κ1) is 14.0. The van der Waals surface area contributed by atoms with Gasteiger partial charge in [0.1, 0.15) is 11.5 Å². The monoisotopic (exact) mass is 310 g/mol. The van der Waals surface area contributed by atoms with Crippen LogP contribution in [0.2, 0.25) is 5.02 Å². The summed E-state index contributed by atoms with van der Waals surface area (Å²) in [6.45, 7) is 0. The van der Waals surface area contributed by atoms with Crippen LogP contribution in [0.25, 0.3) is 6.08 Å². The lowest BCUT2D eigenvalue weighted by Gasteiger charge is -2.12. The molecule has 0 amide bonds. The highest BCUT2D eigenvalue weighted by molar-refractivity contribution is 6.32. The van der Waals surface area contributed by atoms with Gasteiger partial charge in [-0.25, -0.2) is 0 Å². The van der Waals surface area contributed by atoms with E-state index in [-0.39, 0.29) is 10.8 Å². The van der Waals surface area contributed by atoms with Crippen LogP contribution in [0.1, 0.15) is 16.7 Å². The maximum absolute atomic E-state index is 12.6. The number of fused-ring (bicyclic) bond motifs is 1. The molecule has 0 aromatic heterocycles. The second kappa shape index (κ2) is 5.11. The highest BCUT2D eigenvalue weighted by Gasteiger charge is 2.31. The maximum atomic E-state index is 12.6. The molecule has 0 aliphatic heterocycles. The van der Waals surface area contributed by atoms with Crippen LogP contribution >= 0.6 is 11.6 Å². The predicted molar refractivity (Wildman–Crippen MR) is 75.7 cm³/mol. The molecule has 0 saturated carbocycles. The van der Waals surface area contributed by atoms with Gasteiger partial charge in [-0.2, -0.15) is 13.2 Å². The van der Waals surface area contributed by atoms with Crippen molar-refractivity contribution in [1.82, 2.24) is 0 Å². The molecule has 108 valence electrons. The van der Waals surface area contributed by atoms with Crippen molar-refractivity contribution in [3.8, 4) is 11.5 Å². The van der Waals surface area contributed by atoms with Gasteiger partial charge in [-0.15, -0.1) is 0 Å². The molecule has 1 aliphatic carbocycles. The van der Waals surface area contributed by atoms with Crippen molar-refractivity contribution in [2.75, 3.05) is 0 Å².